The smallest absolute Gasteiger partial charge is 0.387 e. The average Bonchev–Trinajstić information content (AvgIpc) is 2.78. The Labute approximate surface area is 101 Å². The molecule has 5 nitrogen and oxygen atoms in total. The Kier molecular flexibility index (Phi) is 3.22. The first-order valence-corrected chi connectivity index (χ1v) is 4.96. The topological polar surface area (TPSA) is 70.1 Å². The number of hydrogen-bond acceptors (Lipinski definition) is 3. The molecular weight excluding hydrogens is 244 g/mol. The minimum absolute atomic E-state index is 0.0519. The van der Waals surface area contributed by atoms with Crippen molar-refractivity contribution in [1.82, 2.24) is 9.78 Å². The Morgan fingerprint density at radius 3 is 2.50 bits per heavy atom. The number of nitrogens with zero attached hydrogens (tertiary/aromatic N) is 2. The molecule has 2 rings (SSSR count). The molecule has 1 amide bonds. The molecule has 94 valence electrons. The van der Waals surface area contributed by atoms with Crippen molar-refractivity contribution in [3.8, 4) is 11.4 Å². The summed E-state index contributed by atoms with van der Waals surface area (Å²) in [6.07, 6.45) is 2.78. The molecule has 0 spiro atoms. The summed E-state index contributed by atoms with van der Waals surface area (Å²) in [6.45, 7) is -2.86. The van der Waals surface area contributed by atoms with Crippen molar-refractivity contribution in [3.63, 3.8) is 0 Å². The van der Waals surface area contributed by atoms with E-state index in [-0.39, 0.29) is 11.3 Å². The molecule has 0 aliphatic rings. The van der Waals surface area contributed by atoms with Crippen LogP contribution >= 0.6 is 0 Å². The van der Waals surface area contributed by atoms with Gasteiger partial charge in [-0.05, 0) is 24.3 Å². The van der Waals surface area contributed by atoms with E-state index in [0.29, 0.717) is 5.69 Å². The molecule has 0 radical (unpaired) electrons. The van der Waals surface area contributed by atoms with Crippen molar-refractivity contribution in [2.75, 3.05) is 0 Å². The fourth-order valence-corrected chi connectivity index (χ4v) is 1.37. The number of benzene rings is 1. The molecule has 1 aromatic heterocycles. The van der Waals surface area contributed by atoms with Gasteiger partial charge in [-0.2, -0.15) is 13.9 Å². The highest BCUT2D eigenvalue weighted by atomic mass is 19.3. The Bertz CT molecular complexity index is 552. The molecule has 7 heteroatoms. The summed E-state index contributed by atoms with van der Waals surface area (Å²) in [5.74, 6) is -0.532. The minimum Gasteiger partial charge on any atom is -0.435 e. The molecule has 0 saturated heterocycles. The monoisotopic (exact) mass is 253 g/mol. The molecule has 0 atom stereocenters. The lowest BCUT2D eigenvalue weighted by Crippen LogP contribution is -2.09. The molecule has 0 aliphatic carbocycles. The lowest BCUT2D eigenvalue weighted by atomic mass is 10.3. The van der Waals surface area contributed by atoms with Crippen LogP contribution in [-0.2, 0) is 0 Å². The van der Waals surface area contributed by atoms with Crippen LogP contribution in [0.3, 0.4) is 0 Å². The van der Waals surface area contributed by atoms with Crippen LogP contribution in [0.5, 0.6) is 5.75 Å². The van der Waals surface area contributed by atoms with Gasteiger partial charge in [0.05, 0.1) is 17.4 Å². The van der Waals surface area contributed by atoms with E-state index in [1.54, 1.807) is 0 Å². The fraction of sp³-hybridized carbons (Fsp3) is 0.0909. The summed E-state index contributed by atoms with van der Waals surface area (Å²) in [5.41, 5.74) is 5.96. The second-order valence-corrected chi connectivity index (χ2v) is 3.41. The van der Waals surface area contributed by atoms with Crippen LogP contribution in [0, 0.1) is 0 Å². The number of amides is 1. The van der Waals surface area contributed by atoms with Gasteiger partial charge in [-0.1, -0.05) is 0 Å². The molecule has 0 saturated carbocycles. The van der Waals surface area contributed by atoms with Crippen LogP contribution in [0.2, 0.25) is 0 Å². The highest BCUT2D eigenvalue weighted by Gasteiger charge is 2.07. The molecule has 2 N–H and O–H groups in total. The van der Waals surface area contributed by atoms with E-state index in [0.717, 1.165) is 0 Å². The predicted octanol–water partition coefficient (Wildman–Crippen LogP) is 1.57. The zero-order valence-electron chi connectivity index (χ0n) is 9.09. The summed E-state index contributed by atoms with van der Waals surface area (Å²) in [4.78, 5) is 10.9. The van der Waals surface area contributed by atoms with Gasteiger partial charge in [-0.25, -0.2) is 4.68 Å². The van der Waals surface area contributed by atoms with Gasteiger partial charge in [0, 0.05) is 6.20 Å². The summed E-state index contributed by atoms with van der Waals surface area (Å²) < 4.78 is 29.5. The van der Waals surface area contributed by atoms with E-state index < -0.39 is 12.5 Å². The number of aromatic nitrogens is 2. The van der Waals surface area contributed by atoms with E-state index in [1.807, 2.05) is 0 Å². The van der Waals surface area contributed by atoms with E-state index >= 15 is 0 Å². The SMILES string of the molecule is NC(=O)c1cnn(-c2ccc(OC(F)F)cc2)c1. The average molecular weight is 253 g/mol. The van der Waals surface area contributed by atoms with Gasteiger partial charge in [-0.15, -0.1) is 0 Å². The maximum absolute atomic E-state index is 11.9. The molecule has 0 aliphatic heterocycles. The third-order valence-electron chi connectivity index (χ3n) is 2.19. The Balaban J connectivity index is 2.20. The largest absolute Gasteiger partial charge is 0.435 e. The van der Waals surface area contributed by atoms with E-state index in [1.165, 1.54) is 41.3 Å². The van der Waals surface area contributed by atoms with Crippen molar-refractivity contribution in [1.29, 1.82) is 0 Å². The van der Waals surface area contributed by atoms with E-state index in [2.05, 4.69) is 9.84 Å². The van der Waals surface area contributed by atoms with Crippen LogP contribution in [0.25, 0.3) is 5.69 Å². The Hall–Kier alpha value is -2.44. The number of halogens is 2. The number of ether oxygens (including phenoxy) is 1. The van der Waals surface area contributed by atoms with Crippen LogP contribution < -0.4 is 10.5 Å². The number of hydrogen-bond donors (Lipinski definition) is 1. The zero-order valence-corrected chi connectivity index (χ0v) is 9.09. The molecule has 0 unspecified atom stereocenters. The first kappa shape index (κ1) is 12.0. The lowest BCUT2D eigenvalue weighted by molar-refractivity contribution is -0.0498. The number of alkyl halides is 2. The number of rotatable bonds is 4. The molecule has 0 bridgehead atoms. The second-order valence-electron chi connectivity index (χ2n) is 3.41. The first-order valence-electron chi connectivity index (χ1n) is 4.96. The summed E-state index contributed by atoms with van der Waals surface area (Å²) >= 11 is 0. The lowest BCUT2D eigenvalue weighted by Gasteiger charge is -2.05. The third kappa shape index (κ3) is 2.62. The van der Waals surface area contributed by atoms with Gasteiger partial charge in [0.15, 0.2) is 0 Å². The van der Waals surface area contributed by atoms with Gasteiger partial charge in [0.2, 0.25) is 0 Å². The van der Waals surface area contributed by atoms with Gasteiger partial charge >= 0.3 is 6.61 Å². The van der Waals surface area contributed by atoms with Crippen LogP contribution in [-0.4, -0.2) is 22.3 Å². The molecule has 18 heavy (non-hydrogen) atoms. The number of nitrogens with two attached hydrogens (primary N) is 1. The summed E-state index contributed by atoms with van der Waals surface area (Å²) in [5, 5.41) is 3.93. The van der Waals surface area contributed by atoms with Gasteiger partial charge in [0.1, 0.15) is 5.75 Å². The van der Waals surface area contributed by atoms with Gasteiger partial charge < -0.3 is 10.5 Å². The molecular formula is C11H9F2N3O2. The molecule has 1 heterocycles. The molecule has 2 aromatic rings. The number of primary amides is 1. The van der Waals surface area contributed by atoms with Crippen molar-refractivity contribution in [2.45, 2.75) is 6.61 Å². The number of carbonyl (C=O) groups is 1. The van der Waals surface area contributed by atoms with Gasteiger partial charge in [-0.3, -0.25) is 4.79 Å². The van der Waals surface area contributed by atoms with Crippen LogP contribution in [0.4, 0.5) is 8.78 Å². The van der Waals surface area contributed by atoms with Crippen molar-refractivity contribution in [3.05, 3.63) is 42.2 Å². The second kappa shape index (κ2) is 4.82. The fourth-order valence-electron chi connectivity index (χ4n) is 1.37. The maximum atomic E-state index is 11.9. The zero-order chi connectivity index (χ0) is 13.1. The standard InChI is InChI=1S/C11H9F2N3O2/c12-11(13)18-9-3-1-8(2-4-9)16-6-7(5-15-16)10(14)17/h1-6,11H,(H2,14,17). The molecule has 0 fully saturated rings. The van der Waals surface area contributed by atoms with Crippen LogP contribution in [0.1, 0.15) is 10.4 Å². The Morgan fingerprint density at radius 1 is 1.33 bits per heavy atom. The first-order chi connectivity index (χ1) is 8.56. The van der Waals surface area contributed by atoms with Gasteiger partial charge in [0.25, 0.3) is 5.91 Å². The quantitative estimate of drug-likeness (QED) is 0.899. The number of carbonyl (C=O) groups excluding carboxylic acids is 1. The summed E-state index contributed by atoms with van der Waals surface area (Å²) in [6, 6.07) is 5.84. The highest BCUT2D eigenvalue weighted by Crippen LogP contribution is 2.17. The van der Waals surface area contributed by atoms with Crippen LogP contribution in [0.15, 0.2) is 36.7 Å². The third-order valence-corrected chi connectivity index (χ3v) is 2.19. The summed E-state index contributed by atoms with van der Waals surface area (Å²) in [7, 11) is 0. The maximum Gasteiger partial charge on any atom is 0.387 e. The molecule has 1 aromatic carbocycles. The highest BCUT2D eigenvalue weighted by molar-refractivity contribution is 5.92. The normalized spacial score (nSPS) is 10.6. The van der Waals surface area contributed by atoms with E-state index in [4.69, 9.17) is 5.73 Å². The van der Waals surface area contributed by atoms with Crippen molar-refractivity contribution < 1.29 is 18.3 Å². The minimum atomic E-state index is -2.86. The van der Waals surface area contributed by atoms with Crippen molar-refractivity contribution in [2.24, 2.45) is 5.73 Å². The van der Waals surface area contributed by atoms with Crippen molar-refractivity contribution >= 4 is 5.91 Å². The Morgan fingerprint density at radius 2 is 2.00 bits per heavy atom. The van der Waals surface area contributed by atoms with E-state index in [9.17, 15) is 13.6 Å². The predicted molar refractivity (Wildman–Crippen MR) is 58.7 cm³/mol.